The van der Waals surface area contributed by atoms with Gasteiger partial charge in [0, 0.05) is 0 Å². The fourth-order valence-corrected chi connectivity index (χ4v) is 2.52. The van der Waals surface area contributed by atoms with Crippen LogP contribution in [0.5, 0.6) is 0 Å². The molecular formula is C8H19AlN3. The topological polar surface area (TPSA) is 60.3 Å². The van der Waals surface area contributed by atoms with Gasteiger partial charge in [0.25, 0.3) is 0 Å². The molecule has 12 heavy (non-hydrogen) atoms. The Balaban J connectivity index is 0. The summed E-state index contributed by atoms with van der Waals surface area (Å²) in [7, 11) is 0. The van der Waals surface area contributed by atoms with Crippen LogP contribution in [0.1, 0.15) is 39.5 Å². The molecular weight excluding hydrogens is 165 g/mol. The van der Waals surface area contributed by atoms with E-state index in [1.165, 1.54) is 36.2 Å². The maximum absolute atomic E-state index is 6.86. The van der Waals surface area contributed by atoms with Crippen molar-refractivity contribution >= 4 is 15.2 Å². The number of nitrogens with zero attached hydrogens (tertiary/aromatic N) is 2. The van der Waals surface area contributed by atoms with Gasteiger partial charge in [0.05, 0.1) is 0 Å². The van der Waals surface area contributed by atoms with E-state index < -0.39 is 0 Å². The second-order valence-electron chi connectivity index (χ2n) is 2.67. The summed E-state index contributed by atoms with van der Waals surface area (Å²) in [6.45, 7) is 4.55. The van der Waals surface area contributed by atoms with Crippen molar-refractivity contribution in [3.63, 3.8) is 0 Å². The summed E-state index contributed by atoms with van der Waals surface area (Å²) in [5.74, 6) is 0. The molecule has 3 nitrogen and oxygen atoms in total. The average molecular weight is 184 g/mol. The predicted molar refractivity (Wildman–Crippen MR) is 54.6 cm³/mol. The SMILES string of the molecule is CCC[CH2][Al][CH2]CCC.[N-]=[N+]=N. The monoisotopic (exact) mass is 184 g/mol. The Morgan fingerprint density at radius 1 is 1.17 bits per heavy atom. The van der Waals surface area contributed by atoms with E-state index in [4.69, 9.17) is 11.1 Å². The second-order valence-corrected chi connectivity index (χ2v) is 4.41. The van der Waals surface area contributed by atoms with Crippen LogP contribution in [-0.2, 0) is 0 Å². The minimum Gasteiger partial charge on any atom is -0.108 e. The molecule has 0 aliphatic carbocycles. The van der Waals surface area contributed by atoms with Crippen LogP contribution in [-0.4, -0.2) is 15.2 Å². The van der Waals surface area contributed by atoms with E-state index in [2.05, 4.69) is 13.8 Å². The van der Waals surface area contributed by atoms with E-state index in [9.17, 15) is 0 Å². The van der Waals surface area contributed by atoms with Crippen molar-refractivity contribution in [3.8, 4) is 0 Å². The van der Waals surface area contributed by atoms with E-state index >= 15 is 0 Å². The fourth-order valence-electron chi connectivity index (χ4n) is 0.841. The van der Waals surface area contributed by atoms with Gasteiger partial charge in [0.15, 0.2) is 15.2 Å². The molecule has 0 saturated heterocycles. The molecule has 0 aliphatic rings. The highest BCUT2D eigenvalue weighted by atomic mass is 27.1. The lowest BCUT2D eigenvalue weighted by Gasteiger charge is -1.93. The summed E-state index contributed by atoms with van der Waals surface area (Å²) < 4.78 is 0. The number of unbranched alkanes of at least 4 members (excludes halogenated alkanes) is 2. The molecule has 1 N–H and O–H groups in total. The summed E-state index contributed by atoms with van der Waals surface area (Å²) in [5.41, 5.74) is 12.2. The van der Waals surface area contributed by atoms with Crippen molar-refractivity contribution in [2.45, 2.75) is 50.1 Å². The Bertz CT molecular complexity index is 94.5. The molecule has 0 spiro atoms. The summed E-state index contributed by atoms with van der Waals surface area (Å²) >= 11 is 0.818. The quantitative estimate of drug-likeness (QED) is 0.213. The van der Waals surface area contributed by atoms with E-state index in [-0.39, 0.29) is 0 Å². The van der Waals surface area contributed by atoms with Crippen LogP contribution in [0.3, 0.4) is 0 Å². The standard InChI is InChI=1S/2C4H9.Al.HN3/c2*1-3-4-2;;1-3-2/h2*1,3-4H2,2H3;;1H. The molecule has 1 radical (unpaired) electrons. The lowest BCUT2D eigenvalue weighted by atomic mass is 10.4. The van der Waals surface area contributed by atoms with Crippen molar-refractivity contribution in [2.24, 2.45) is 0 Å². The van der Waals surface area contributed by atoms with Crippen molar-refractivity contribution in [1.29, 1.82) is 5.53 Å². The highest BCUT2D eigenvalue weighted by Gasteiger charge is 1.89. The third-order valence-corrected chi connectivity index (χ3v) is 3.16. The Morgan fingerprint density at radius 2 is 1.50 bits per heavy atom. The van der Waals surface area contributed by atoms with Gasteiger partial charge in [-0.1, -0.05) is 39.5 Å². The van der Waals surface area contributed by atoms with Crippen molar-refractivity contribution in [1.82, 2.24) is 0 Å². The average Bonchev–Trinajstić information content (AvgIpc) is 2.06. The predicted octanol–water partition coefficient (Wildman–Crippen LogP) is 4.00. The Hall–Kier alpha value is -0.158. The van der Waals surface area contributed by atoms with Gasteiger partial charge in [0.1, 0.15) is 0 Å². The lowest BCUT2D eigenvalue weighted by molar-refractivity contribution is 0.851. The highest BCUT2D eigenvalue weighted by molar-refractivity contribution is 6.35. The van der Waals surface area contributed by atoms with Crippen LogP contribution >= 0.6 is 0 Å². The Morgan fingerprint density at radius 3 is 1.75 bits per heavy atom. The van der Waals surface area contributed by atoms with Crippen LogP contribution in [0.4, 0.5) is 0 Å². The smallest absolute Gasteiger partial charge is 0.108 e. The van der Waals surface area contributed by atoms with Crippen molar-refractivity contribution in [2.75, 3.05) is 0 Å². The van der Waals surface area contributed by atoms with Gasteiger partial charge < -0.3 is 0 Å². The zero-order chi connectivity index (χ0) is 9.66. The molecule has 0 heterocycles. The lowest BCUT2D eigenvalue weighted by Crippen LogP contribution is -1.87. The summed E-state index contributed by atoms with van der Waals surface area (Å²) in [6.07, 6.45) is 5.72. The van der Waals surface area contributed by atoms with E-state index in [1.807, 2.05) is 0 Å². The first-order valence-electron chi connectivity index (χ1n) is 4.65. The number of nitrogens with one attached hydrogen (secondary N) is 1. The summed E-state index contributed by atoms with van der Waals surface area (Å²) in [6, 6.07) is 0. The van der Waals surface area contributed by atoms with Gasteiger partial charge in [-0.2, -0.15) is 0 Å². The highest BCUT2D eigenvalue weighted by Crippen LogP contribution is 1.99. The zero-order valence-electron chi connectivity index (χ0n) is 8.21. The largest absolute Gasteiger partial charge is 0.199 e. The molecule has 4 heteroatoms. The number of rotatable bonds is 6. The fraction of sp³-hybridized carbons (Fsp3) is 1.00. The molecule has 0 amide bonds. The van der Waals surface area contributed by atoms with Gasteiger partial charge in [-0.3, -0.25) is 0 Å². The molecule has 0 unspecified atom stereocenters. The Labute approximate surface area is 81.7 Å². The van der Waals surface area contributed by atoms with Gasteiger partial charge in [-0.05, 0) is 10.4 Å². The second kappa shape index (κ2) is 17.1. The van der Waals surface area contributed by atoms with Gasteiger partial charge >= 0.3 is 0 Å². The molecule has 69 valence electrons. The van der Waals surface area contributed by atoms with E-state index in [0.29, 0.717) is 0 Å². The molecule has 0 aromatic heterocycles. The summed E-state index contributed by atoms with van der Waals surface area (Å²) in [5, 5.41) is 3.08. The van der Waals surface area contributed by atoms with Gasteiger partial charge in [-0.15, -0.1) is 16.1 Å². The first-order chi connectivity index (χ1) is 5.83. The Kier molecular flexibility index (Phi) is 20.5. The van der Waals surface area contributed by atoms with Crippen LogP contribution in [0.25, 0.3) is 10.4 Å². The molecule has 0 aromatic carbocycles. The molecule has 0 aliphatic heterocycles. The molecule has 0 aromatic rings. The molecule has 0 saturated carbocycles. The molecule has 0 rings (SSSR count). The maximum atomic E-state index is 6.86. The minimum absolute atomic E-state index is 0.818. The minimum atomic E-state index is 0.818. The first-order valence-corrected chi connectivity index (χ1v) is 6.29. The van der Waals surface area contributed by atoms with Gasteiger partial charge in [-0.25, -0.2) is 0 Å². The van der Waals surface area contributed by atoms with E-state index in [1.54, 1.807) is 4.91 Å². The van der Waals surface area contributed by atoms with Crippen molar-refractivity contribution in [3.05, 3.63) is 10.4 Å². The number of hydrogen-bond donors (Lipinski definition) is 1. The van der Waals surface area contributed by atoms with Crippen molar-refractivity contribution < 1.29 is 0 Å². The molecule has 0 atom stereocenters. The molecule has 0 bridgehead atoms. The van der Waals surface area contributed by atoms with Crippen LogP contribution in [0, 0.1) is 5.53 Å². The number of hydrogen-bond acceptors (Lipinski definition) is 1. The first kappa shape index (κ1) is 14.4. The summed E-state index contributed by atoms with van der Waals surface area (Å²) in [4.78, 5) is 1.75. The maximum Gasteiger partial charge on any atom is 0.199 e. The third-order valence-electron chi connectivity index (χ3n) is 1.52. The third kappa shape index (κ3) is 22.5. The van der Waals surface area contributed by atoms with Crippen LogP contribution in [0.2, 0.25) is 10.6 Å². The van der Waals surface area contributed by atoms with E-state index in [0.717, 1.165) is 15.2 Å². The van der Waals surface area contributed by atoms with Crippen LogP contribution in [0.15, 0.2) is 0 Å². The zero-order valence-corrected chi connectivity index (χ0v) is 9.37. The molecule has 0 fully saturated rings. The van der Waals surface area contributed by atoms with Crippen LogP contribution < -0.4 is 0 Å². The van der Waals surface area contributed by atoms with Gasteiger partial charge in [0.2, 0.25) is 0 Å². The normalized spacial score (nSPS) is 7.83.